The number of hydrogen-bond acceptors (Lipinski definition) is 5. The van der Waals surface area contributed by atoms with Crippen molar-refractivity contribution in [1.82, 2.24) is 0 Å². The molecule has 0 spiro atoms. The molecule has 19 heavy (non-hydrogen) atoms. The van der Waals surface area contributed by atoms with Crippen LogP contribution in [0.1, 0.15) is 41.5 Å². The zero-order valence-electron chi connectivity index (χ0n) is 12.4. The van der Waals surface area contributed by atoms with Crippen LogP contribution in [-0.4, -0.2) is 35.4 Å². The second-order valence-electron chi connectivity index (χ2n) is 6.25. The van der Waals surface area contributed by atoms with E-state index >= 15 is 0 Å². The fourth-order valence-corrected chi connectivity index (χ4v) is 1.27. The van der Waals surface area contributed by atoms with E-state index in [0.717, 1.165) is 0 Å². The lowest BCUT2D eigenvalue weighted by Crippen LogP contribution is -2.35. The number of aliphatic imine (C=N–C) groups is 2. The first-order chi connectivity index (χ1) is 8.57. The smallest absolute Gasteiger partial charge is 0.394 e. The lowest BCUT2D eigenvalue weighted by molar-refractivity contribution is -0.149. The van der Waals surface area contributed by atoms with Crippen molar-refractivity contribution in [3.8, 4) is 0 Å². The number of nitrogens with zero attached hydrogens (tertiary/aromatic N) is 2. The van der Waals surface area contributed by atoms with E-state index in [9.17, 15) is 4.79 Å². The van der Waals surface area contributed by atoms with Crippen molar-refractivity contribution in [3.63, 3.8) is 0 Å². The monoisotopic (exact) mass is 266 g/mol. The molecule has 0 bridgehead atoms. The van der Waals surface area contributed by atoms with Gasteiger partial charge in [0.1, 0.15) is 11.2 Å². The number of allylic oxidation sites excluding steroid dienone is 1. The molecule has 0 radical (unpaired) electrons. The molecule has 0 N–H and O–H groups in total. The average Bonchev–Trinajstić information content (AvgIpc) is 2.64. The number of carbonyl (C=O) groups is 1. The topological polar surface area (TPSA) is 60.2 Å². The van der Waals surface area contributed by atoms with E-state index in [2.05, 4.69) is 9.98 Å². The highest BCUT2D eigenvalue weighted by molar-refractivity contribution is 6.32. The minimum absolute atomic E-state index is 0.0453. The molecule has 0 saturated heterocycles. The van der Waals surface area contributed by atoms with E-state index in [0.29, 0.717) is 0 Å². The Balaban J connectivity index is 2.89. The van der Waals surface area contributed by atoms with Gasteiger partial charge in [0.25, 0.3) is 5.90 Å². The van der Waals surface area contributed by atoms with Crippen molar-refractivity contribution in [2.45, 2.75) is 58.9 Å². The molecule has 1 aliphatic heterocycles. The third kappa shape index (κ3) is 6.18. The molecule has 0 aliphatic carbocycles. The van der Waals surface area contributed by atoms with Gasteiger partial charge in [-0.15, -0.1) is 0 Å². The predicted molar refractivity (Wildman–Crippen MR) is 75.5 cm³/mol. The summed E-state index contributed by atoms with van der Waals surface area (Å²) in [6.07, 6.45) is 4.77. The van der Waals surface area contributed by atoms with E-state index in [1.165, 1.54) is 0 Å². The fourth-order valence-electron chi connectivity index (χ4n) is 1.27. The van der Waals surface area contributed by atoms with Gasteiger partial charge in [0, 0.05) is 6.21 Å². The Morgan fingerprint density at radius 1 is 1.11 bits per heavy atom. The summed E-state index contributed by atoms with van der Waals surface area (Å²) in [5.41, 5.74) is -1.12. The normalized spacial score (nSPS) is 19.7. The fraction of sp³-hybridized carbons (Fsp3) is 0.643. The maximum absolute atomic E-state index is 12.1. The molecule has 1 unspecified atom stereocenters. The first-order valence-electron chi connectivity index (χ1n) is 6.27. The molecule has 1 atom stereocenters. The third-order valence-electron chi connectivity index (χ3n) is 1.83. The standard InChI is InChI=1S/C14H22N2O3/c1-13(2,3)18-11(12(17)19-14(4,5)6)16-10-8-7-9-15-10/h7-10H,1-6H3/b16-11-. The van der Waals surface area contributed by atoms with Crippen LogP contribution >= 0.6 is 0 Å². The Morgan fingerprint density at radius 2 is 1.68 bits per heavy atom. The number of rotatable bonds is 1. The molecule has 5 heteroatoms. The van der Waals surface area contributed by atoms with Gasteiger partial charge in [0.2, 0.25) is 0 Å². The van der Waals surface area contributed by atoms with Crippen molar-refractivity contribution in [1.29, 1.82) is 0 Å². The van der Waals surface area contributed by atoms with Crippen molar-refractivity contribution < 1.29 is 14.3 Å². The van der Waals surface area contributed by atoms with E-state index in [1.54, 1.807) is 39.1 Å². The van der Waals surface area contributed by atoms with Crippen molar-refractivity contribution in [2.75, 3.05) is 0 Å². The first kappa shape index (κ1) is 15.4. The Kier molecular flexibility index (Phi) is 4.50. The summed E-state index contributed by atoms with van der Waals surface area (Å²) in [4.78, 5) is 20.3. The summed E-state index contributed by atoms with van der Waals surface area (Å²) in [7, 11) is 0. The van der Waals surface area contributed by atoms with Crippen molar-refractivity contribution >= 4 is 18.1 Å². The van der Waals surface area contributed by atoms with Crippen molar-refractivity contribution in [2.24, 2.45) is 9.98 Å². The predicted octanol–water partition coefficient (Wildman–Crippen LogP) is 2.51. The molecule has 0 amide bonds. The third-order valence-corrected chi connectivity index (χ3v) is 1.83. The molecule has 0 aromatic heterocycles. The number of hydrogen-bond donors (Lipinski definition) is 0. The number of esters is 1. The highest BCUT2D eigenvalue weighted by Gasteiger charge is 2.27. The highest BCUT2D eigenvalue weighted by atomic mass is 16.6. The van der Waals surface area contributed by atoms with Crippen LogP contribution in [0, 0.1) is 0 Å². The molecule has 0 aromatic carbocycles. The van der Waals surface area contributed by atoms with Gasteiger partial charge in [-0.1, -0.05) is 0 Å². The van der Waals surface area contributed by atoms with Crippen molar-refractivity contribution in [3.05, 3.63) is 12.2 Å². The molecule has 5 nitrogen and oxygen atoms in total. The lowest BCUT2D eigenvalue weighted by Gasteiger charge is -2.25. The van der Waals surface area contributed by atoms with Gasteiger partial charge in [-0.05, 0) is 53.7 Å². The molecule has 0 fully saturated rings. The Bertz CT molecular complexity index is 411. The SMILES string of the molecule is CC(C)(C)OC(=O)/C(=N/C1C=CC=N1)OC(C)(C)C. The summed E-state index contributed by atoms with van der Waals surface area (Å²) in [5.74, 6) is -0.617. The van der Waals surface area contributed by atoms with Crippen LogP contribution in [0.4, 0.5) is 0 Å². The maximum Gasteiger partial charge on any atom is 0.394 e. The van der Waals surface area contributed by atoms with Gasteiger partial charge >= 0.3 is 5.97 Å². The summed E-state index contributed by atoms with van der Waals surface area (Å²) in [6.45, 7) is 10.9. The summed E-state index contributed by atoms with van der Waals surface area (Å²) < 4.78 is 10.9. The Hall–Kier alpha value is -1.65. The Morgan fingerprint density at radius 3 is 2.11 bits per heavy atom. The van der Waals surface area contributed by atoms with E-state index < -0.39 is 23.3 Å². The summed E-state index contributed by atoms with van der Waals surface area (Å²) in [6, 6.07) is 0. The van der Waals surface area contributed by atoms with Crippen LogP contribution in [0.5, 0.6) is 0 Å². The van der Waals surface area contributed by atoms with Crippen LogP contribution in [0.3, 0.4) is 0 Å². The summed E-state index contributed by atoms with van der Waals surface area (Å²) >= 11 is 0. The zero-order valence-corrected chi connectivity index (χ0v) is 12.4. The van der Waals surface area contributed by atoms with Gasteiger partial charge in [-0.25, -0.2) is 9.79 Å². The zero-order chi connectivity index (χ0) is 14.7. The molecule has 1 rings (SSSR count). The number of ether oxygens (including phenoxy) is 2. The molecule has 1 aliphatic rings. The van der Waals surface area contributed by atoms with Gasteiger partial charge in [-0.2, -0.15) is 0 Å². The second kappa shape index (κ2) is 5.55. The molecular weight excluding hydrogens is 244 g/mol. The van der Waals surface area contributed by atoms with E-state index in [-0.39, 0.29) is 5.90 Å². The maximum atomic E-state index is 12.1. The van der Waals surface area contributed by atoms with Crippen LogP contribution in [-0.2, 0) is 14.3 Å². The van der Waals surface area contributed by atoms with E-state index in [4.69, 9.17) is 9.47 Å². The second-order valence-corrected chi connectivity index (χ2v) is 6.25. The minimum Gasteiger partial charge on any atom is -0.467 e. The molecule has 0 aromatic rings. The minimum atomic E-state index is -0.589. The van der Waals surface area contributed by atoms with Crippen LogP contribution in [0.25, 0.3) is 0 Å². The van der Waals surface area contributed by atoms with Gasteiger partial charge < -0.3 is 9.47 Å². The molecular formula is C14H22N2O3. The first-order valence-corrected chi connectivity index (χ1v) is 6.27. The van der Waals surface area contributed by atoms with Crippen LogP contribution in [0.15, 0.2) is 22.1 Å². The number of carbonyl (C=O) groups excluding carboxylic acids is 1. The largest absolute Gasteiger partial charge is 0.467 e. The van der Waals surface area contributed by atoms with Gasteiger partial charge in [0.05, 0.1) is 0 Å². The summed E-state index contributed by atoms with van der Waals surface area (Å²) in [5, 5.41) is 0. The quantitative estimate of drug-likeness (QED) is 0.416. The van der Waals surface area contributed by atoms with Crippen LogP contribution < -0.4 is 0 Å². The molecule has 1 heterocycles. The molecule has 106 valence electrons. The van der Waals surface area contributed by atoms with Gasteiger partial charge in [0.15, 0.2) is 6.17 Å². The Labute approximate surface area is 114 Å². The van der Waals surface area contributed by atoms with Crippen LogP contribution in [0.2, 0.25) is 0 Å². The highest BCUT2D eigenvalue weighted by Crippen LogP contribution is 2.14. The average molecular weight is 266 g/mol. The lowest BCUT2D eigenvalue weighted by atomic mass is 10.2. The van der Waals surface area contributed by atoms with E-state index in [1.807, 2.05) is 20.8 Å². The van der Waals surface area contributed by atoms with Gasteiger partial charge in [-0.3, -0.25) is 4.99 Å². The molecule has 0 saturated carbocycles.